The summed E-state index contributed by atoms with van der Waals surface area (Å²) in [7, 11) is 0. The van der Waals surface area contributed by atoms with Gasteiger partial charge in [-0.05, 0) is 0 Å². The molecular weight excluding hydrogens is 174 g/mol. The number of carbonyl (C=O) groups excluding carboxylic acids is 2. The molecule has 2 bridgehead atoms. The fourth-order valence-corrected chi connectivity index (χ4v) is 2.29. The van der Waals surface area contributed by atoms with Gasteiger partial charge in [0.1, 0.15) is 0 Å². The van der Waals surface area contributed by atoms with Crippen molar-refractivity contribution in [3.63, 3.8) is 0 Å². The summed E-state index contributed by atoms with van der Waals surface area (Å²) in [6.45, 7) is 0. The zero-order valence-corrected chi connectivity index (χ0v) is 6.58. The highest BCUT2D eigenvalue weighted by Gasteiger charge is 2.60. The molecule has 3 heterocycles. The van der Waals surface area contributed by atoms with Crippen LogP contribution in [0.1, 0.15) is 0 Å². The number of hydrogen-bond donors (Lipinski definition) is 1. The van der Waals surface area contributed by atoms with Crippen molar-refractivity contribution >= 4 is 11.8 Å². The minimum atomic E-state index is -0.535. The van der Waals surface area contributed by atoms with Gasteiger partial charge in [-0.15, -0.1) is 0 Å². The lowest BCUT2D eigenvalue weighted by Gasteiger charge is -2.09. The lowest BCUT2D eigenvalue weighted by molar-refractivity contribution is -0.175. The quantitative estimate of drug-likeness (QED) is 0.305. The first-order valence-electron chi connectivity index (χ1n) is 4.10. The summed E-state index contributed by atoms with van der Waals surface area (Å²) in [5.41, 5.74) is 0. The minimum absolute atomic E-state index is 0.227. The fraction of sp³-hybridized carbons (Fsp3) is 0.500. The number of hydroxylamine groups is 2. The molecule has 3 aliphatic heterocycles. The number of amides is 2. The highest BCUT2D eigenvalue weighted by atomic mass is 16.5. The van der Waals surface area contributed by atoms with E-state index in [1.807, 2.05) is 0 Å². The van der Waals surface area contributed by atoms with Gasteiger partial charge in [0.05, 0.1) is 24.0 Å². The maximum atomic E-state index is 11.3. The van der Waals surface area contributed by atoms with Crippen molar-refractivity contribution in [1.82, 2.24) is 5.06 Å². The van der Waals surface area contributed by atoms with E-state index in [1.165, 1.54) is 0 Å². The normalized spacial score (nSPS) is 46.4. The lowest BCUT2D eigenvalue weighted by Crippen LogP contribution is -2.31. The molecule has 2 fully saturated rings. The molecule has 13 heavy (non-hydrogen) atoms. The second kappa shape index (κ2) is 2.00. The molecule has 0 aromatic rings. The van der Waals surface area contributed by atoms with Gasteiger partial charge in [0, 0.05) is 0 Å². The molecule has 0 radical (unpaired) electrons. The van der Waals surface area contributed by atoms with Crippen molar-refractivity contribution in [3.8, 4) is 0 Å². The maximum absolute atomic E-state index is 11.3. The summed E-state index contributed by atoms with van der Waals surface area (Å²) >= 11 is 0. The monoisotopic (exact) mass is 181 g/mol. The number of carbonyl (C=O) groups is 2. The van der Waals surface area contributed by atoms with Crippen molar-refractivity contribution < 1.29 is 19.5 Å². The molecule has 4 atom stereocenters. The molecule has 5 heteroatoms. The van der Waals surface area contributed by atoms with Crippen molar-refractivity contribution in [1.29, 1.82) is 0 Å². The first kappa shape index (κ1) is 7.23. The van der Waals surface area contributed by atoms with E-state index < -0.39 is 23.7 Å². The van der Waals surface area contributed by atoms with E-state index in [2.05, 4.69) is 0 Å². The van der Waals surface area contributed by atoms with Gasteiger partial charge in [-0.1, -0.05) is 12.2 Å². The van der Waals surface area contributed by atoms with Crippen molar-refractivity contribution in [2.75, 3.05) is 0 Å². The van der Waals surface area contributed by atoms with Crippen LogP contribution < -0.4 is 0 Å². The van der Waals surface area contributed by atoms with Crippen LogP contribution in [0.4, 0.5) is 0 Å². The Balaban J connectivity index is 2.08. The number of ether oxygens (including phenoxy) is 1. The van der Waals surface area contributed by atoms with Crippen LogP contribution in [-0.4, -0.2) is 34.3 Å². The summed E-state index contributed by atoms with van der Waals surface area (Å²) in [6, 6.07) is 0. The van der Waals surface area contributed by atoms with E-state index in [0.29, 0.717) is 0 Å². The molecule has 68 valence electrons. The number of rotatable bonds is 0. The Kier molecular flexibility index (Phi) is 1.11. The van der Waals surface area contributed by atoms with Crippen LogP contribution in [0.25, 0.3) is 0 Å². The average Bonchev–Trinajstić information content (AvgIpc) is 2.76. The standard InChI is InChI=1S/C8H7NO4/c10-7-5-3-1-2-4(13-3)6(5)8(11)9(7)12/h1-6,12H/t3-,4+,5+,6-. The highest BCUT2D eigenvalue weighted by molar-refractivity contribution is 6.05. The summed E-state index contributed by atoms with van der Waals surface area (Å²) in [4.78, 5) is 22.7. The predicted octanol–water partition coefficient (Wildman–Crippen LogP) is -0.686. The Bertz CT molecular complexity index is 307. The van der Waals surface area contributed by atoms with Crippen molar-refractivity contribution in [2.45, 2.75) is 12.2 Å². The number of hydrogen-bond acceptors (Lipinski definition) is 4. The smallest absolute Gasteiger partial charge is 0.260 e. The third-order valence-corrected chi connectivity index (χ3v) is 2.89. The van der Waals surface area contributed by atoms with Gasteiger partial charge in [-0.3, -0.25) is 14.8 Å². The molecule has 0 saturated carbocycles. The van der Waals surface area contributed by atoms with E-state index >= 15 is 0 Å². The fourth-order valence-electron chi connectivity index (χ4n) is 2.29. The third-order valence-electron chi connectivity index (χ3n) is 2.89. The molecule has 1 N–H and O–H groups in total. The SMILES string of the molecule is O=C1[C@@H]2[C@H](C(=O)N1O)[C@@H]1C=C[C@H]2O1. The van der Waals surface area contributed by atoms with Crippen LogP contribution in [-0.2, 0) is 14.3 Å². The van der Waals surface area contributed by atoms with Crippen LogP contribution in [0.15, 0.2) is 12.2 Å². The number of imide groups is 1. The molecule has 0 aromatic heterocycles. The molecule has 2 amide bonds. The molecule has 2 saturated heterocycles. The number of fused-ring (bicyclic) bond motifs is 5. The Morgan fingerprint density at radius 3 is 2.08 bits per heavy atom. The molecule has 3 aliphatic rings. The van der Waals surface area contributed by atoms with Crippen LogP contribution in [0.5, 0.6) is 0 Å². The average molecular weight is 181 g/mol. The first-order chi connectivity index (χ1) is 6.20. The third kappa shape index (κ3) is 0.653. The second-order valence-electron chi connectivity index (χ2n) is 3.49. The van der Waals surface area contributed by atoms with Crippen LogP contribution >= 0.6 is 0 Å². The Hall–Kier alpha value is -1.20. The Morgan fingerprint density at radius 2 is 1.62 bits per heavy atom. The largest absolute Gasteiger partial charge is 0.365 e. The van der Waals surface area contributed by atoms with Gasteiger partial charge in [-0.2, -0.15) is 5.06 Å². The number of nitrogens with zero attached hydrogens (tertiary/aromatic N) is 1. The topological polar surface area (TPSA) is 66.8 Å². The van der Waals surface area contributed by atoms with Crippen LogP contribution in [0, 0.1) is 11.8 Å². The van der Waals surface area contributed by atoms with Gasteiger partial charge in [-0.25, -0.2) is 0 Å². The first-order valence-corrected chi connectivity index (χ1v) is 4.10. The zero-order valence-electron chi connectivity index (χ0n) is 6.58. The van der Waals surface area contributed by atoms with Gasteiger partial charge >= 0.3 is 0 Å². The van der Waals surface area contributed by atoms with Gasteiger partial charge in [0.25, 0.3) is 11.8 Å². The molecule has 5 nitrogen and oxygen atoms in total. The van der Waals surface area contributed by atoms with Crippen LogP contribution in [0.3, 0.4) is 0 Å². The van der Waals surface area contributed by atoms with Gasteiger partial charge < -0.3 is 4.74 Å². The van der Waals surface area contributed by atoms with Crippen molar-refractivity contribution in [3.05, 3.63) is 12.2 Å². The van der Waals surface area contributed by atoms with Crippen molar-refractivity contribution in [2.24, 2.45) is 11.8 Å². The summed E-state index contributed by atoms with van der Waals surface area (Å²) < 4.78 is 5.34. The molecule has 0 aromatic carbocycles. The molecule has 0 unspecified atom stereocenters. The molecule has 0 aliphatic carbocycles. The highest BCUT2D eigenvalue weighted by Crippen LogP contribution is 2.44. The minimum Gasteiger partial charge on any atom is -0.365 e. The van der Waals surface area contributed by atoms with Gasteiger partial charge in [0.15, 0.2) is 0 Å². The second-order valence-corrected chi connectivity index (χ2v) is 3.49. The Labute approximate surface area is 73.5 Å². The summed E-state index contributed by atoms with van der Waals surface area (Å²) in [5.74, 6) is -2.06. The van der Waals surface area contributed by atoms with E-state index in [9.17, 15) is 9.59 Å². The van der Waals surface area contributed by atoms with E-state index in [-0.39, 0.29) is 17.3 Å². The maximum Gasteiger partial charge on any atom is 0.260 e. The lowest BCUT2D eigenvalue weighted by atomic mass is 9.85. The van der Waals surface area contributed by atoms with Gasteiger partial charge in [0.2, 0.25) is 0 Å². The predicted molar refractivity (Wildman–Crippen MR) is 38.4 cm³/mol. The van der Waals surface area contributed by atoms with E-state index in [4.69, 9.17) is 9.94 Å². The Morgan fingerprint density at radius 1 is 1.15 bits per heavy atom. The molecule has 0 spiro atoms. The van der Waals surface area contributed by atoms with Crippen LogP contribution in [0.2, 0.25) is 0 Å². The van der Waals surface area contributed by atoms with E-state index in [1.54, 1.807) is 12.2 Å². The summed E-state index contributed by atoms with van der Waals surface area (Å²) in [5, 5.41) is 9.31. The molecule has 3 rings (SSSR count). The van der Waals surface area contributed by atoms with E-state index in [0.717, 1.165) is 0 Å². The zero-order chi connectivity index (χ0) is 9.16. The molecular formula is C8H7NO4. The summed E-state index contributed by atoms with van der Waals surface area (Å²) in [6.07, 6.45) is 2.92.